The summed E-state index contributed by atoms with van der Waals surface area (Å²) >= 11 is 0. The molecule has 210 valence electrons. The first-order valence-electron chi connectivity index (χ1n) is 13.4. The third kappa shape index (κ3) is 5.69. The van der Waals surface area contributed by atoms with E-state index < -0.39 is 17.7 Å². The lowest BCUT2D eigenvalue weighted by molar-refractivity contribution is -0.140. The molecule has 7 nitrogen and oxygen atoms in total. The summed E-state index contributed by atoms with van der Waals surface area (Å²) in [6.07, 6.45) is 0. The molecule has 1 amide bonds. The van der Waals surface area contributed by atoms with E-state index in [9.17, 15) is 14.7 Å². The smallest absolute Gasteiger partial charge is 0.295 e. The average Bonchev–Trinajstić information content (AvgIpc) is 3.17. The summed E-state index contributed by atoms with van der Waals surface area (Å²) in [5.41, 5.74) is 3.72. The number of nitrogens with zero attached hydrogens (tertiary/aromatic N) is 2. The number of rotatable bonds is 8. The van der Waals surface area contributed by atoms with Crippen molar-refractivity contribution in [1.29, 1.82) is 0 Å². The highest BCUT2D eigenvalue weighted by atomic mass is 16.5. The quantitative estimate of drug-likeness (QED) is 0.211. The summed E-state index contributed by atoms with van der Waals surface area (Å²) in [6.45, 7) is 8.82. The first kappa shape index (κ1) is 28.7. The van der Waals surface area contributed by atoms with Gasteiger partial charge in [-0.15, -0.1) is 0 Å². The number of carbonyl (C=O) groups excluding carboxylic acids is 2. The number of aliphatic hydroxyl groups is 1. The van der Waals surface area contributed by atoms with Gasteiger partial charge in [-0.3, -0.25) is 9.59 Å². The Balaban J connectivity index is 1.87. The van der Waals surface area contributed by atoms with Gasteiger partial charge in [0.2, 0.25) is 0 Å². The molecule has 40 heavy (non-hydrogen) atoms. The lowest BCUT2D eigenvalue weighted by Crippen LogP contribution is -2.29. The number of hydrogen-bond acceptors (Lipinski definition) is 6. The zero-order valence-electron chi connectivity index (χ0n) is 24.3. The van der Waals surface area contributed by atoms with E-state index in [4.69, 9.17) is 9.47 Å². The number of likely N-dealkylation sites (tertiary alicyclic amines) is 1. The van der Waals surface area contributed by atoms with E-state index in [-0.39, 0.29) is 23.3 Å². The van der Waals surface area contributed by atoms with Crippen molar-refractivity contribution < 1.29 is 24.2 Å². The van der Waals surface area contributed by atoms with Gasteiger partial charge in [0.25, 0.3) is 11.7 Å². The fourth-order valence-electron chi connectivity index (χ4n) is 4.97. The van der Waals surface area contributed by atoms with E-state index in [1.165, 1.54) is 4.90 Å². The number of benzene rings is 3. The highest BCUT2D eigenvalue weighted by molar-refractivity contribution is 6.46. The highest BCUT2D eigenvalue weighted by Crippen LogP contribution is 2.42. The van der Waals surface area contributed by atoms with Crippen LogP contribution >= 0.6 is 0 Å². The molecule has 0 aliphatic carbocycles. The van der Waals surface area contributed by atoms with Crippen molar-refractivity contribution in [2.24, 2.45) is 0 Å². The second kappa shape index (κ2) is 11.5. The second-order valence-electron chi connectivity index (χ2n) is 11.2. The maximum absolute atomic E-state index is 13.6. The Labute approximate surface area is 236 Å². The van der Waals surface area contributed by atoms with E-state index in [2.05, 4.69) is 20.8 Å². The molecule has 0 bridgehead atoms. The van der Waals surface area contributed by atoms with Crippen molar-refractivity contribution in [2.45, 2.75) is 45.7 Å². The van der Waals surface area contributed by atoms with Gasteiger partial charge in [-0.05, 0) is 65.9 Å². The van der Waals surface area contributed by atoms with E-state index in [1.54, 1.807) is 13.2 Å². The van der Waals surface area contributed by atoms with Crippen molar-refractivity contribution >= 4 is 23.1 Å². The molecular weight excluding hydrogens is 504 g/mol. The zero-order valence-corrected chi connectivity index (χ0v) is 24.3. The number of ether oxygens (including phenoxy) is 2. The molecule has 1 aliphatic rings. The molecule has 1 unspecified atom stereocenters. The van der Waals surface area contributed by atoms with Gasteiger partial charge in [-0.25, -0.2) is 0 Å². The minimum atomic E-state index is -0.761. The van der Waals surface area contributed by atoms with Crippen molar-refractivity contribution in [3.05, 3.63) is 94.6 Å². The van der Waals surface area contributed by atoms with Crippen LogP contribution in [0.3, 0.4) is 0 Å². The molecule has 1 aliphatic heterocycles. The van der Waals surface area contributed by atoms with E-state index in [1.807, 2.05) is 86.6 Å². The first-order chi connectivity index (χ1) is 19.0. The van der Waals surface area contributed by atoms with E-state index in [0.29, 0.717) is 17.9 Å². The van der Waals surface area contributed by atoms with Gasteiger partial charge in [0, 0.05) is 37.5 Å². The summed E-state index contributed by atoms with van der Waals surface area (Å²) in [7, 11) is 5.49. The minimum absolute atomic E-state index is 0.0696. The molecule has 0 aromatic heterocycles. The van der Waals surface area contributed by atoms with Crippen LogP contribution in [-0.4, -0.2) is 49.5 Å². The summed E-state index contributed by atoms with van der Waals surface area (Å²) in [5, 5.41) is 11.7. The Morgan fingerprint density at radius 1 is 0.975 bits per heavy atom. The van der Waals surface area contributed by atoms with Crippen LogP contribution in [0.2, 0.25) is 0 Å². The molecule has 0 saturated carbocycles. The van der Waals surface area contributed by atoms with Gasteiger partial charge in [-0.2, -0.15) is 0 Å². The largest absolute Gasteiger partial charge is 0.507 e. The van der Waals surface area contributed by atoms with Crippen LogP contribution in [-0.2, 0) is 21.5 Å². The Bertz CT molecular complexity index is 1420. The first-order valence-corrected chi connectivity index (χ1v) is 13.4. The van der Waals surface area contributed by atoms with Gasteiger partial charge in [0.15, 0.2) is 0 Å². The Morgan fingerprint density at radius 2 is 1.62 bits per heavy atom. The highest BCUT2D eigenvalue weighted by Gasteiger charge is 2.46. The third-order valence-corrected chi connectivity index (χ3v) is 7.14. The van der Waals surface area contributed by atoms with Gasteiger partial charge in [0.1, 0.15) is 17.3 Å². The number of carbonyl (C=O) groups is 2. The number of Topliss-reactive ketones (excluding diaryl/α,β-unsaturated/α-hetero) is 1. The Morgan fingerprint density at radius 3 is 2.17 bits per heavy atom. The van der Waals surface area contributed by atoms with Crippen molar-refractivity contribution in [3.8, 4) is 11.5 Å². The van der Waals surface area contributed by atoms with Crippen molar-refractivity contribution in [2.75, 3.05) is 32.7 Å². The number of methoxy groups -OCH3 is 1. The van der Waals surface area contributed by atoms with Crippen LogP contribution in [0.4, 0.5) is 5.69 Å². The maximum Gasteiger partial charge on any atom is 0.295 e. The molecule has 3 aromatic carbocycles. The number of ketones is 1. The summed E-state index contributed by atoms with van der Waals surface area (Å²) in [5.74, 6) is -0.139. The summed E-state index contributed by atoms with van der Waals surface area (Å²) in [4.78, 5) is 30.6. The SMILES string of the molecule is CCOc1ccc(/C(O)=C2/C(=O)C(=O)N(Cc3ccc(OC)cc3)C2c2ccc(N(C)C)cc2)cc1C(C)(C)C. The number of aliphatic hydroxyl groups excluding tert-OH is 1. The number of hydrogen-bond donors (Lipinski definition) is 1. The minimum Gasteiger partial charge on any atom is -0.507 e. The lowest BCUT2D eigenvalue weighted by Gasteiger charge is -2.26. The van der Waals surface area contributed by atoms with Gasteiger partial charge in [0.05, 0.1) is 25.3 Å². The standard InChI is InChI=1S/C33H38N2O5/c1-8-40-27-18-13-23(19-26(27)33(2,3)4)30(36)28-29(22-11-14-24(15-12-22)34(5)6)35(32(38)31(28)37)20-21-9-16-25(39-7)17-10-21/h9-19,29,36H,8,20H2,1-7H3/b30-28-. The summed E-state index contributed by atoms with van der Waals surface area (Å²) in [6, 6.07) is 19.7. The van der Waals surface area contributed by atoms with Crippen LogP contribution in [0.25, 0.3) is 5.76 Å². The second-order valence-corrected chi connectivity index (χ2v) is 11.2. The van der Waals surface area contributed by atoms with E-state index >= 15 is 0 Å². The molecule has 0 radical (unpaired) electrons. The molecule has 1 atom stereocenters. The molecule has 3 aromatic rings. The zero-order chi connectivity index (χ0) is 29.2. The molecule has 1 saturated heterocycles. The van der Waals surface area contributed by atoms with Crippen LogP contribution in [0.15, 0.2) is 72.3 Å². The molecule has 1 heterocycles. The Hall–Kier alpha value is -4.26. The van der Waals surface area contributed by atoms with Crippen LogP contribution < -0.4 is 14.4 Å². The van der Waals surface area contributed by atoms with E-state index in [0.717, 1.165) is 28.1 Å². The average molecular weight is 543 g/mol. The fourth-order valence-corrected chi connectivity index (χ4v) is 4.97. The summed E-state index contributed by atoms with van der Waals surface area (Å²) < 4.78 is 11.1. The van der Waals surface area contributed by atoms with Gasteiger partial charge >= 0.3 is 0 Å². The van der Waals surface area contributed by atoms with Crippen molar-refractivity contribution in [3.63, 3.8) is 0 Å². The van der Waals surface area contributed by atoms with Gasteiger partial charge < -0.3 is 24.4 Å². The van der Waals surface area contributed by atoms with Crippen LogP contribution in [0.5, 0.6) is 11.5 Å². The molecule has 7 heteroatoms. The van der Waals surface area contributed by atoms with Gasteiger partial charge in [-0.1, -0.05) is 45.0 Å². The molecule has 1 N–H and O–H groups in total. The monoisotopic (exact) mass is 542 g/mol. The maximum atomic E-state index is 13.6. The number of anilines is 1. The number of amides is 1. The Kier molecular flexibility index (Phi) is 8.24. The molecular formula is C33H38N2O5. The molecule has 4 rings (SSSR count). The topological polar surface area (TPSA) is 79.3 Å². The predicted octanol–water partition coefficient (Wildman–Crippen LogP) is 6.08. The molecule has 0 spiro atoms. The van der Waals surface area contributed by atoms with Crippen molar-refractivity contribution in [1.82, 2.24) is 4.90 Å². The third-order valence-electron chi connectivity index (χ3n) is 7.14. The van der Waals surface area contributed by atoms with Crippen LogP contribution in [0.1, 0.15) is 56.0 Å². The molecule has 1 fully saturated rings. The lowest BCUT2D eigenvalue weighted by atomic mass is 9.84. The fraction of sp³-hybridized carbons (Fsp3) is 0.333. The normalized spacial score (nSPS) is 16.8. The predicted molar refractivity (Wildman–Crippen MR) is 158 cm³/mol. The van der Waals surface area contributed by atoms with Crippen LogP contribution in [0, 0.1) is 0 Å².